The number of carbonyl (C=O) groups is 1. The van der Waals surface area contributed by atoms with Crippen molar-refractivity contribution in [1.29, 1.82) is 0 Å². The summed E-state index contributed by atoms with van der Waals surface area (Å²) in [4.78, 5) is 13.7. The van der Waals surface area contributed by atoms with E-state index in [0.29, 0.717) is 19.7 Å². The minimum Gasteiger partial charge on any atom is -0.372 e. The highest BCUT2D eigenvalue weighted by atomic mass is 32.2. The van der Waals surface area contributed by atoms with Crippen LogP contribution in [0.25, 0.3) is 0 Å². The van der Waals surface area contributed by atoms with Gasteiger partial charge in [-0.15, -0.1) is 0 Å². The topological polar surface area (TPSA) is 89.7 Å². The Kier molecular flexibility index (Phi) is 4.74. The number of morpholine rings is 1. The predicted molar refractivity (Wildman–Crippen MR) is 68.9 cm³/mol. The number of hydrogen-bond donors (Lipinski definition) is 1. The summed E-state index contributed by atoms with van der Waals surface area (Å²) in [5, 5.41) is 0. The van der Waals surface area contributed by atoms with Gasteiger partial charge in [-0.3, -0.25) is 4.79 Å². The van der Waals surface area contributed by atoms with Crippen LogP contribution in [0.4, 0.5) is 0 Å². The normalized spacial score (nSPS) is 21.7. The second-order valence-electron chi connectivity index (χ2n) is 5.39. The zero-order valence-corrected chi connectivity index (χ0v) is 12.0. The van der Waals surface area contributed by atoms with Crippen molar-refractivity contribution >= 4 is 15.7 Å². The number of nitrogens with zero attached hydrogens (tertiary/aromatic N) is 1. The molecular formula is C11H22N2O4S. The van der Waals surface area contributed by atoms with Crippen LogP contribution in [-0.2, 0) is 19.4 Å². The SMILES string of the molecule is CC1(C)CN(C(=O)C(N)CCS(C)(=O)=O)CCO1. The molecule has 0 spiro atoms. The van der Waals surface area contributed by atoms with Crippen molar-refractivity contribution in [3.05, 3.63) is 0 Å². The molecule has 0 radical (unpaired) electrons. The summed E-state index contributed by atoms with van der Waals surface area (Å²) in [5.74, 6) is -0.261. The maximum Gasteiger partial charge on any atom is 0.239 e. The highest BCUT2D eigenvalue weighted by molar-refractivity contribution is 7.90. The van der Waals surface area contributed by atoms with Crippen LogP contribution < -0.4 is 5.73 Å². The molecular weight excluding hydrogens is 256 g/mol. The largest absolute Gasteiger partial charge is 0.372 e. The van der Waals surface area contributed by atoms with E-state index in [9.17, 15) is 13.2 Å². The van der Waals surface area contributed by atoms with Gasteiger partial charge in [0.15, 0.2) is 0 Å². The fourth-order valence-electron chi connectivity index (χ4n) is 1.90. The minimum absolute atomic E-state index is 0.0619. The zero-order chi connectivity index (χ0) is 14.0. The smallest absolute Gasteiger partial charge is 0.239 e. The molecule has 1 aliphatic heterocycles. The van der Waals surface area contributed by atoms with Gasteiger partial charge in [-0.1, -0.05) is 0 Å². The van der Waals surface area contributed by atoms with Crippen molar-refractivity contribution in [2.45, 2.75) is 31.9 Å². The quantitative estimate of drug-likeness (QED) is 0.740. The first-order valence-corrected chi connectivity index (χ1v) is 8.03. The lowest BCUT2D eigenvalue weighted by Gasteiger charge is -2.39. The maximum atomic E-state index is 12.1. The Bertz CT molecular complexity index is 405. The van der Waals surface area contributed by atoms with Crippen LogP contribution in [0.1, 0.15) is 20.3 Å². The van der Waals surface area contributed by atoms with Crippen LogP contribution >= 0.6 is 0 Å². The fraction of sp³-hybridized carbons (Fsp3) is 0.909. The third-order valence-electron chi connectivity index (χ3n) is 2.85. The van der Waals surface area contributed by atoms with Crippen LogP contribution in [0.2, 0.25) is 0 Å². The molecule has 0 saturated carbocycles. The Hall–Kier alpha value is -0.660. The molecule has 1 unspecified atom stereocenters. The van der Waals surface area contributed by atoms with E-state index < -0.39 is 15.9 Å². The minimum atomic E-state index is -3.08. The molecule has 1 aliphatic rings. The summed E-state index contributed by atoms with van der Waals surface area (Å²) in [5.41, 5.74) is 5.38. The lowest BCUT2D eigenvalue weighted by molar-refractivity contribution is -0.147. The molecule has 0 bridgehead atoms. The summed E-state index contributed by atoms with van der Waals surface area (Å²) >= 11 is 0. The average Bonchev–Trinajstić information content (AvgIpc) is 2.22. The van der Waals surface area contributed by atoms with Crippen molar-refractivity contribution in [2.75, 3.05) is 31.7 Å². The third kappa shape index (κ3) is 4.91. The van der Waals surface area contributed by atoms with Gasteiger partial charge < -0.3 is 15.4 Å². The highest BCUT2D eigenvalue weighted by Gasteiger charge is 2.32. The van der Waals surface area contributed by atoms with E-state index in [1.54, 1.807) is 4.90 Å². The van der Waals surface area contributed by atoms with Crippen LogP contribution in [0.5, 0.6) is 0 Å². The van der Waals surface area contributed by atoms with Gasteiger partial charge in [0.2, 0.25) is 5.91 Å². The highest BCUT2D eigenvalue weighted by Crippen LogP contribution is 2.17. The molecule has 1 amide bonds. The Balaban J connectivity index is 2.53. The number of rotatable bonds is 4. The molecule has 1 fully saturated rings. The van der Waals surface area contributed by atoms with Crippen molar-refractivity contribution in [3.63, 3.8) is 0 Å². The number of sulfone groups is 1. The van der Waals surface area contributed by atoms with Crippen molar-refractivity contribution < 1.29 is 17.9 Å². The summed E-state index contributed by atoms with van der Waals surface area (Å²) in [6, 6.07) is -0.756. The number of hydrogen-bond acceptors (Lipinski definition) is 5. The van der Waals surface area contributed by atoms with Gasteiger partial charge in [-0.05, 0) is 20.3 Å². The second-order valence-corrected chi connectivity index (χ2v) is 7.65. The predicted octanol–water partition coefficient (Wildman–Crippen LogP) is -0.614. The second kappa shape index (κ2) is 5.54. The summed E-state index contributed by atoms with van der Waals surface area (Å²) in [7, 11) is -3.08. The van der Waals surface area contributed by atoms with E-state index in [4.69, 9.17) is 10.5 Å². The average molecular weight is 278 g/mol. The Morgan fingerprint density at radius 2 is 2.11 bits per heavy atom. The van der Waals surface area contributed by atoms with Gasteiger partial charge in [0.05, 0.1) is 24.0 Å². The Morgan fingerprint density at radius 1 is 1.50 bits per heavy atom. The molecule has 0 aromatic rings. The molecule has 106 valence electrons. The van der Waals surface area contributed by atoms with Gasteiger partial charge in [-0.25, -0.2) is 8.42 Å². The molecule has 1 atom stereocenters. The first-order chi connectivity index (χ1) is 8.11. The van der Waals surface area contributed by atoms with Gasteiger partial charge >= 0.3 is 0 Å². The third-order valence-corrected chi connectivity index (χ3v) is 3.83. The number of nitrogens with two attached hydrogens (primary N) is 1. The lowest BCUT2D eigenvalue weighted by Crippen LogP contribution is -2.54. The van der Waals surface area contributed by atoms with E-state index in [1.165, 1.54) is 0 Å². The van der Waals surface area contributed by atoms with Crippen LogP contribution in [-0.4, -0.2) is 62.6 Å². The molecule has 0 aliphatic carbocycles. The van der Waals surface area contributed by atoms with Crippen LogP contribution in [0.15, 0.2) is 0 Å². The summed E-state index contributed by atoms with van der Waals surface area (Å²) < 4.78 is 27.6. The molecule has 7 heteroatoms. The standard InChI is InChI=1S/C11H22N2O4S/c1-11(2)8-13(5-6-17-11)10(14)9(12)4-7-18(3,15)16/h9H,4-8,12H2,1-3H3. The molecule has 6 nitrogen and oxygen atoms in total. The van der Waals surface area contributed by atoms with Crippen molar-refractivity contribution in [3.8, 4) is 0 Å². The van der Waals surface area contributed by atoms with E-state index in [2.05, 4.69) is 0 Å². The van der Waals surface area contributed by atoms with Crippen molar-refractivity contribution in [1.82, 2.24) is 4.90 Å². The van der Waals surface area contributed by atoms with E-state index >= 15 is 0 Å². The maximum absolute atomic E-state index is 12.1. The molecule has 0 aromatic carbocycles. The lowest BCUT2D eigenvalue weighted by atomic mass is 10.1. The molecule has 1 saturated heterocycles. The van der Waals surface area contributed by atoms with Gasteiger partial charge in [-0.2, -0.15) is 0 Å². The van der Waals surface area contributed by atoms with Gasteiger partial charge in [0, 0.05) is 19.3 Å². The Morgan fingerprint density at radius 3 is 2.61 bits per heavy atom. The number of carbonyl (C=O) groups excluding carboxylic acids is 1. The fourth-order valence-corrected chi connectivity index (χ4v) is 2.59. The molecule has 18 heavy (non-hydrogen) atoms. The van der Waals surface area contributed by atoms with Gasteiger partial charge in [0.25, 0.3) is 0 Å². The first-order valence-electron chi connectivity index (χ1n) is 5.97. The summed E-state index contributed by atoms with van der Waals surface area (Å²) in [6.45, 7) is 5.30. The number of amides is 1. The first kappa shape index (κ1) is 15.4. The Labute approximate surface area is 108 Å². The van der Waals surface area contributed by atoms with Crippen molar-refractivity contribution in [2.24, 2.45) is 5.73 Å². The molecule has 0 aromatic heterocycles. The molecule has 2 N–H and O–H groups in total. The van der Waals surface area contributed by atoms with E-state index in [1.807, 2.05) is 13.8 Å². The zero-order valence-electron chi connectivity index (χ0n) is 11.2. The van der Waals surface area contributed by atoms with Gasteiger partial charge in [0.1, 0.15) is 9.84 Å². The summed E-state index contributed by atoms with van der Waals surface area (Å²) in [6.07, 6.45) is 1.30. The van der Waals surface area contributed by atoms with Crippen LogP contribution in [0, 0.1) is 0 Å². The van der Waals surface area contributed by atoms with Crippen LogP contribution in [0.3, 0.4) is 0 Å². The van der Waals surface area contributed by atoms with E-state index in [-0.39, 0.29) is 23.7 Å². The molecule has 1 heterocycles. The number of ether oxygens (including phenoxy) is 1. The van der Waals surface area contributed by atoms with E-state index in [0.717, 1.165) is 6.26 Å². The molecule has 1 rings (SSSR count). The monoisotopic (exact) mass is 278 g/mol.